The van der Waals surface area contributed by atoms with Crippen molar-refractivity contribution in [2.75, 3.05) is 14.2 Å². The van der Waals surface area contributed by atoms with E-state index in [4.69, 9.17) is 4.74 Å². The van der Waals surface area contributed by atoms with E-state index in [0.29, 0.717) is 0 Å². The Hall–Kier alpha value is -2.50. The highest BCUT2D eigenvalue weighted by Crippen LogP contribution is 2.16. The number of carbonyl (C=O) groups is 2. The van der Waals surface area contributed by atoms with Crippen LogP contribution >= 0.6 is 0 Å². The van der Waals surface area contributed by atoms with Crippen molar-refractivity contribution in [3.05, 3.63) is 41.9 Å². The fourth-order valence-corrected chi connectivity index (χ4v) is 1.08. The lowest BCUT2D eigenvalue weighted by molar-refractivity contribution is -0.143. The van der Waals surface area contributed by atoms with Crippen LogP contribution in [0.3, 0.4) is 0 Å². The largest absolute Gasteiger partial charge is 0.499 e. The van der Waals surface area contributed by atoms with Gasteiger partial charge in [0.25, 0.3) is 11.5 Å². The summed E-state index contributed by atoms with van der Waals surface area (Å²) in [6.45, 7) is 0. The van der Waals surface area contributed by atoms with Crippen LogP contribution in [0.5, 0.6) is 5.75 Å². The Morgan fingerprint density at radius 3 is 2.06 bits per heavy atom. The van der Waals surface area contributed by atoms with Crippen LogP contribution in [0.4, 0.5) is 0 Å². The Kier molecular flexibility index (Phi) is 4.74. The molecule has 0 radical (unpaired) electrons. The molecule has 0 heterocycles. The minimum absolute atomic E-state index is 0.272. The molecule has 0 aliphatic rings. The first-order valence-electron chi connectivity index (χ1n) is 4.93. The number of aliphatic hydroxyl groups is 1. The van der Waals surface area contributed by atoms with Crippen LogP contribution < -0.4 is 4.74 Å². The number of para-hydroxylation sites is 1. The Morgan fingerprint density at radius 2 is 1.56 bits per heavy atom. The SMILES string of the molecule is COC(=O)/C(O)=C(/Oc1ccccc1)C(=O)OC. The molecule has 0 saturated heterocycles. The minimum Gasteiger partial charge on any atom is -0.499 e. The number of carbonyl (C=O) groups excluding carboxylic acids is 2. The van der Waals surface area contributed by atoms with Crippen molar-refractivity contribution < 1.29 is 28.9 Å². The summed E-state index contributed by atoms with van der Waals surface area (Å²) in [5.41, 5.74) is 0. The number of aliphatic hydroxyl groups excluding tert-OH is 1. The van der Waals surface area contributed by atoms with Crippen LogP contribution in [0.15, 0.2) is 41.9 Å². The van der Waals surface area contributed by atoms with Gasteiger partial charge in [0.1, 0.15) is 5.75 Å². The molecule has 0 fully saturated rings. The molecule has 0 amide bonds. The van der Waals surface area contributed by atoms with Gasteiger partial charge in [-0.3, -0.25) is 0 Å². The van der Waals surface area contributed by atoms with E-state index in [2.05, 4.69) is 9.47 Å². The van der Waals surface area contributed by atoms with E-state index in [1.54, 1.807) is 30.3 Å². The summed E-state index contributed by atoms with van der Waals surface area (Å²) in [6, 6.07) is 8.17. The molecule has 0 aliphatic carbocycles. The number of methoxy groups -OCH3 is 2. The molecule has 0 unspecified atom stereocenters. The zero-order chi connectivity index (χ0) is 13.5. The number of esters is 2. The molecule has 0 aromatic heterocycles. The lowest BCUT2D eigenvalue weighted by atomic mass is 10.3. The molecule has 1 N–H and O–H groups in total. The second-order valence-corrected chi connectivity index (χ2v) is 3.08. The van der Waals surface area contributed by atoms with Crippen LogP contribution in [-0.2, 0) is 19.1 Å². The predicted octanol–water partition coefficient (Wildman–Crippen LogP) is 1.18. The smallest absolute Gasteiger partial charge is 0.378 e. The fourth-order valence-electron chi connectivity index (χ4n) is 1.08. The van der Waals surface area contributed by atoms with Crippen molar-refractivity contribution in [3.63, 3.8) is 0 Å². The van der Waals surface area contributed by atoms with Gasteiger partial charge in [-0.05, 0) is 12.1 Å². The monoisotopic (exact) mass is 252 g/mol. The summed E-state index contributed by atoms with van der Waals surface area (Å²) in [7, 11) is 2.16. The zero-order valence-corrected chi connectivity index (χ0v) is 9.88. The molecular weight excluding hydrogens is 240 g/mol. The third-order valence-electron chi connectivity index (χ3n) is 1.93. The molecular formula is C12H12O6. The lowest BCUT2D eigenvalue weighted by Gasteiger charge is -2.09. The first-order valence-corrected chi connectivity index (χ1v) is 4.93. The van der Waals surface area contributed by atoms with Crippen LogP contribution in [0.25, 0.3) is 0 Å². The van der Waals surface area contributed by atoms with Crippen molar-refractivity contribution in [2.24, 2.45) is 0 Å². The number of rotatable bonds is 4. The van der Waals surface area contributed by atoms with E-state index < -0.39 is 23.5 Å². The number of hydrogen-bond acceptors (Lipinski definition) is 6. The molecule has 6 nitrogen and oxygen atoms in total. The van der Waals surface area contributed by atoms with Crippen molar-refractivity contribution in [3.8, 4) is 5.75 Å². The van der Waals surface area contributed by atoms with Crippen molar-refractivity contribution in [2.45, 2.75) is 0 Å². The van der Waals surface area contributed by atoms with Gasteiger partial charge in [-0.25, -0.2) is 9.59 Å². The molecule has 6 heteroatoms. The fraction of sp³-hybridized carbons (Fsp3) is 0.167. The highest BCUT2D eigenvalue weighted by atomic mass is 16.6. The third kappa shape index (κ3) is 3.24. The highest BCUT2D eigenvalue weighted by molar-refractivity contribution is 5.97. The zero-order valence-electron chi connectivity index (χ0n) is 9.88. The molecule has 0 saturated carbocycles. The molecule has 0 atom stereocenters. The van der Waals surface area contributed by atoms with E-state index in [0.717, 1.165) is 14.2 Å². The topological polar surface area (TPSA) is 82.1 Å². The Bertz CT molecular complexity index is 463. The van der Waals surface area contributed by atoms with Crippen molar-refractivity contribution >= 4 is 11.9 Å². The second-order valence-electron chi connectivity index (χ2n) is 3.08. The van der Waals surface area contributed by atoms with Crippen LogP contribution in [0, 0.1) is 0 Å². The van der Waals surface area contributed by atoms with Gasteiger partial charge in [-0.1, -0.05) is 18.2 Å². The van der Waals surface area contributed by atoms with Gasteiger partial charge in [0.15, 0.2) is 0 Å². The van der Waals surface area contributed by atoms with E-state index in [-0.39, 0.29) is 5.75 Å². The summed E-state index contributed by atoms with van der Waals surface area (Å²) in [4.78, 5) is 22.6. The van der Waals surface area contributed by atoms with Gasteiger partial charge in [0.05, 0.1) is 14.2 Å². The van der Waals surface area contributed by atoms with Crippen LogP contribution in [-0.4, -0.2) is 31.3 Å². The maximum Gasteiger partial charge on any atom is 0.378 e. The summed E-state index contributed by atoms with van der Waals surface area (Å²) in [5, 5.41) is 9.52. The molecule has 0 spiro atoms. The van der Waals surface area contributed by atoms with E-state index in [9.17, 15) is 14.7 Å². The molecule has 1 aromatic carbocycles. The Labute approximate surface area is 103 Å². The molecule has 18 heavy (non-hydrogen) atoms. The molecule has 1 aromatic rings. The van der Waals surface area contributed by atoms with Gasteiger partial charge >= 0.3 is 11.9 Å². The number of benzene rings is 1. The number of ether oxygens (including phenoxy) is 3. The minimum atomic E-state index is -1.09. The predicted molar refractivity (Wildman–Crippen MR) is 60.8 cm³/mol. The van der Waals surface area contributed by atoms with Gasteiger partial charge < -0.3 is 19.3 Å². The molecule has 1 rings (SSSR count). The average Bonchev–Trinajstić information content (AvgIpc) is 2.43. The second kappa shape index (κ2) is 6.29. The molecule has 0 aliphatic heterocycles. The lowest BCUT2D eigenvalue weighted by Crippen LogP contribution is -2.18. The summed E-state index contributed by atoms with van der Waals surface area (Å²) in [6.07, 6.45) is 0. The van der Waals surface area contributed by atoms with Gasteiger partial charge in [-0.15, -0.1) is 0 Å². The van der Waals surface area contributed by atoms with E-state index in [1.807, 2.05) is 0 Å². The maximum atomic E-state index is 11.4. The molecule has 96 valence electrons. The van der Waals surface area contributed by atoms with Crippen LogP contribution in [0.1, 0.15) is 0 Å². The highest BCUT2D eigenvalue weighted by Gasteiger charge is 2.24. The standard InChI is InChI=1S/C12H12O6/c1-16-11(14)9(13)10(12(15)17-2)18-8-6-4-3-5-7-8/h3-7,13H,1-2H3/b10-9-. The van der Waals surface area contributed by atoms with Gasteiger partial charge in [-0.2, -0.15) is 0 Å². The Morgan fingerprint density at radius 1 is 1.00 bits per heavy atom. The first-order chi connectivity index (χ1) is 8.60. The summed E-state index contributed by atoms with van der Waals surface area (Å²) in [5.74, 6) is -3.38. The summed E-state index contributed by atoms with van der Waals surface area (Å²) >= 11 is 0. The molecule has 0 bridgehead atoms. The van der Waals surface area contributed by atoms with E-state index in [1.165, 1.54) is 0 Å². The van der Waals surface area contributed by atoms with Gasteiger partial charge in [0, 0.05) is 0 Å². The maximum absolute atomic E-state index is 11.4. The quantitative estimate of drug-likeness (QED) is 0.492. The first kappa shape index (κ1) is 13.6. The average molecular weight is 252 g/mol. The normalized spacial score (nSPS) is 11.2. The van der Waals surface area contributed by atoms with Crippen molar-refractivity contribution in [1.82, 2.24) is 0 Å². The van der Waals surface area contributed by atoms with Crippen LogP contribution in [0.2, 0.25) is 0 Å². The third-order valence-corrected chi connectivity index (χ3v) is 1.93. The number of hydrogen-bond donors (Lipinski definition) is 1. The van der Waals surface area contributed by atoms with Gasteiger partial charge in [0.2, 0.25) is 0 Å². The van der Waals surface area contributed by atoms with Crippen molar-refractivity contribution in [1.29, 1.82) is 0 Å². The summed E-state index contributed by atoms with van der Waals surface area (Å²) < 4.78 is 13.8. The Balaban J connectivity index is 3.07. The van der Waals surface area contributed by atoms with E-state index >= 15 is 0 Å².